The van der Waals surface area contributed by atoms with Crippen LogP contribution in [0.2, 0.25) is 0 Å². The summed E-state index contributed by atoms with van der Waals surface area (Å²) in [5.74, 6) is -1.20. The van der Waals surface area contributed by atoms with Crippen LogP contribution in [0.5, 0.6) is 0 Å². The van der Waals surface area contributed by atoms with Crippen molar-refractivity contribution in [1.82, 2.24) is 0 Å². The predicted molar refractivity (Wildman–Crippen MR) is 109 cm³/mol. The molecule has 3 aromatic carbocycles. The summed E-state index contributed by atoms with van der Waals surface area (Å²) in [5.41, 5.74) is 0.262. The van der Waals surface area contributed by atoms with Gasteiger partial charge in [0.15, 0.2) is 11.6 Å². The van der Waals surface area contributed by atoms with Crippen LogP contribution in [0.1, 0.15) is 38.8 Å². The third-order valence-electron chi connectivity index (χ3n) is 6.98. The molecule has 3 aromatic rings. The van der Waals surface area contributed by atoms with E-state index in [1.54, 1.807) is 24.3 Å². The molecule has 3 atom stereocenters. The van der Waals surface area contributed by atoms with Crippen molar-refractivity contribution in [3.63, 3.8) is 0 Å². The third kappa shape index (κ3) is 1.87. The second-order valence-electron chi connectivity index (χ2n) is 7.97. The number of nitriles is 1. The molecule has 1 fully saturated rings. The summed E-state index contributed by atoms with van der Waals surface area (Å²) in [5, 5.41) is 10.5. The van der Waals surface area contributed by atoms with Gasteiger partial charge in [0.1, 0.15) is 5.41 Å². The van der Waals surface area contributed by atoms with Crippen molar-refractivity contribution in [3.8, 4) is 6.07 Å². The van der Waals surface area contributed by atoms with Crippen LogP contribution >= 0.6 is 0 Å². The maximum Gasteiger partial charge on any atom is 0.185 e. The molecule has 2 aliphatic rings. The van der Waals surface area contributed by atoms with E-state index in [1.165, 1.54) is 0 Å². The van der Waals surface area contributed by atoms with E-state index in [-0.39, 0.29) is 17.5 Å². The van der Waals surface area contributed by atoms with Crippen LogP contribution in [-0.2, 0) is 5.41 Å². The molecule has 0 spiro atoms. The largest absolute Gasteiger partial charge is 0.294 e. The minimum atomic E-state index is -1.46. The second-order valence-corrected chi connectivity index (χ2v) is 7.97. The zero-order valence-corrected chi connectivity index (χ0v) is 16.0. The van der Waals surface area contributed by atoms with Gasteiger partial charge in [-0.1, -0.05) is 91.9 Å². The molecule has 3 unspecified atom stereocenters. The Kier molecular flexibility index (Phi) is 3.63. The number of hydrogen-bond acceptors (Lipinski definition) is 3. The number of nitrogens with zero attached hydrogens (tertiary/aromatic N) is 1. The van der Waals surface area contributed by atoms with Crippen LogP contribution in [0.25, 0.3) is 0 Å². The molecule has 1 saturated carbocycles. The molecule has 0 N–H and O–H groups in total. The molecular weight excluding hydrogens is 358 g/mol. The monoisotopic (exact) mass is 377 g/mol. The fourth-order valence-electron chi connectivity index (χ4n) is 5.91. The van der Waals surface area contributed by atoms with E-state index in [0.717, 1.165) is 11.1 Å². The molecule has 3 heteroatoms. The van der Waals surface area contributed by atoms with E-state index in [9.17, 15) is 14.9 Å². The van der Waals surface area contributed by atoms with Gasteiger partial charge in [-0.2, -0.15) is 5.26 Å². The van der Waals surface area contributed by atoms with E-state index in [1.807, 2.05) is 67.6 Å². The number of ketones is 2. The molecule has 0 heterocycles. The van der Waals surface area contributed by atoms with Gasteiger partial charge in [-0.05, 0) is 17.0 Å². The van der Waals surface area contributed by atoms with E-state index in [4.69, 9.17) is 0 Å². The van der Waals surface area contributed by atoms with Crippen LogP contribution in [-0.4, -0.2) is 11.6 Å². The van der Waals surface area contributed by atoms with Gasteiger partial charge in [-0.15, -0.1) is 0 Å². The lowest BCUT2D eigenvalue weighted by Crippen LogP contribution is -2.74. The fraction of sp³-hybridized carbons (Fsp3) is 0.192. The molecule has 5 rings (SSSR count). The van der Waals surface area contributed by atoms with Gasteiger partial charge in [0.2, 0.25) is 0 Å². The van der Waals surface area contributed by atoms with Crippen molar-refractivity contribution < 1.29 is 9.59 Å². The maximum absolute atomic E-state index is 13.9. The average molecular weight is 377 g/mol. The summed E-state index contributed by atoms with van der Waals surface area (Å²) in [6.07, 6.45) is 0. The first kappa shape index (κ1) is 17.6. The van der Waals surface area contributed by atoms with Gasteiger partial charge in [0.25, 0.3) is 0 Å². The normalized spacial score (nSPS) is 26.6. The number of rotatable bonds is 2. The van der Waals surface area contributed by atoms with Crippen molar-refractivity contribution in [2.24, 2.45) is 17.3 Å². The number of fused-ring (bicyclic) bond motifs is 2. The van der Waals surface area contributed by atoms with Gasteiger partial charge in [0.05, 0.1) is 17.4 Å². The Morgan fingerprint density at radius 2 is 1.24 bits per heavy atom. The first-order chi connectivity index (χ1) is 14.1. The predicted octanol–water partition coefficient (Wildman–Crippen LogP) is 4.83. The average Bonchev–Trinajstić information content (AvgIpc) is 2.78. The Morgan fingerprint density at radius 1 is 0.759 bits per heavy atom. The summed E-state index contributed by atoms with van der Waals surface area (Å²) >= 11 is 0. The molecule has 3 nitrogen and oxygen atoms in total. The van der Waals surface area contributed by atoms with E-state index >= 15 is 0 Å². The SMILES string of the molecule is CC1C2C(=O)c3ccccc3C(=O)C2(C#N)C1(c1ccccc1)c1ccccc1. The molecule has 0 saturated heterocycles. The number of carbonyl (C=O) groups excluding carboxylic acids is 2. The molecule has 0 aromatic heterocycles. The number of Topliss-reactive ketones (excluding diaryl/α,β-unsaturated/α-hetero) is 2. The van der Waals surface area contributed by atoms with Gasteiger partial charge < -0.3 is 0 Å². The smallest absolute Gasteiger partial charge is 0.185 e. The van der Waals surface area contributed by atoms with Crippen molar-refractivity contribution in [2.75, 3.05) is 0 Å². The van der Waals surface area contributed by atoms with Crippen LogP contribution in [0.4, 0.5) is 0 Å². The molecule has 0 bridgehead atoms. The fourth-order valence-corrected chi connectivity index (χ4v) is 5.91. The Labute approximate surface area is 169 Å². The number of benzene rings is 3. The van der Waals surface area contributed by atoms with E-state index in [0.29, 0.717) is 11.1 Å². The number of hydrogen-bond donors (Lipinski definition) is 0. The molecule has 2 aliphatic carbocycles. The third-order valence-corrected chi connectivity index (χ3v) is 6.98. The van der Waals surface area contributed by atoms with Crippen molar-refractivity contribution >= 4 is 11.6 Å². The summed E-state index contributed by atoms with van der Waals surface area (Å²) in [6, 6.07) is 28.7. The highest BCUT2D eigenvalue weighted by molar-refractivity contribution is 6.21. The Hall–Kier alpha value is -3.51. The van der Waals surface area contributed by atoms with E-state index in [2.05, 4.69) is 6.07 Å². The first-order valence-corrected chi connectivity index (χ1v) is 9.81. The lowest BCUT2D eigenvalue weighted by Gasteiger charge is -2.65. The van der Waals surface area contributed by atoms with Crippen LogP contribution in [0.3, 0.4) is 0 Å². The summed E-state index contributed by atoms with van der Waals surface area (Å²) in [6.45, 7) is 2.00. The van der Waals surface area contributed by atoms with Crippen LogP contribution in [0.15, 0.2) is 84.9 Å². The molecular formula is C26H19NO2. The van der Waals surface area contributed by atoms with E-state index < -0.39 is 16.7 Å². The molecule has 0 radical (unpaired) electrons. The van der Waals surface area contributed by atoms with Gasteiger partial charge in [0, 0.05) is 11.1 Å². The summed E-state index contributed by atoms with van der Waals surface area (Å²) in [7, 11) is 0. The highest BCUT2D eigenvalue weighted by atomic mass is 16.1. The van der Waals surface area contributed by atoms with Gasteiger partial charge in [-0.3, -0.25) is 9.59 Å². The topological polar surface area (TPSA) is 57.9 Å². The molecule has 29 heavy (non-hydrogen) atoms. The highest BCUT2D eigenvalue weighted by Gasteiger charge is 2.78. The van der Waals surface area contributed by atoms with Crippen LogP contribution < -0.4 is 0 Å². The Balaban J connectivity index is 1.88. The van der Waals surface area contributed by atoms with Crippen molar-refractivity contribution in [1.29, 1.82) is 5.26 Å². The lowest BCUT2D eigenvalue weighted by atomic mass is 9.31. The lowest BCUT2D eigenvalue weighted by molar-refractivity contribution is -0.0413. The highest BCUT2D eigenvalue weighted by Crippen LogP contribution is 2.71. The zero-order chi connectivity index (χ0) is 20.2. The molecule has 0 amide bonds. The summed E-state index contributed by atoms with van der Waals surface area (Å²) < 4.78 is 0. The van der Waals surface area contributed by atoms with Crippen molar-refractivity contribution in [3.05, 3.63) is 107 Å². The standard InChI is InChI=1S/C26H19NO2/c1-17-22-23(28)20-14-8-9-15-21(20)24(29)25(22,16-27)26(17,18-10-4-2-5-11-18)19-12-6-3-7-13-19/h2-15,17,22H,1H3. The molecule has 0 aliphatic heterocycles. The minimum absolute atomic E-state index is 0.100. The molecule has 140 valence electrons. The van der Waals surface area contributed by atoms with Gasteiger partial charge in [-0.25, -0.2) is 0 Å². The second kappa shape index (κ2) is 5.99. The first-order valence-electron chi connectivity index (χ1n) is 9.81. The van der Waals surface area contributed by atoms with Gasteiger partial charge >= 0.3 is 0 Å². The Morgan fingerprint density at radius 3 is 1.76 bits per heavy atom. The number of carbonyl (C=O) groups is 2. The zero-order valence-electron chi connectivity index (χ0n) is 16.0. The quantitative estimate of drug-likeness (QED) is 0.643. The maximum atomic E-state index is 13.9. The minimum Gasteiger partial charge on any atom is -0.294 e. The Bertz CT molecular complexity index is 1140. The van der Waals surface area contributed by atoms with Crippen molar-refractivity contribution in [2.45, 2.75) is 12.3 Å². The summed E-state index contributed by atoms with van der Waals surface area (Å²) in [4.78, 5) is 27.4. The van der Waals surface area contributed by atoms with Crippen LogP contribution in [0, 0.1) is 28.6 Å².